The van der Waals surface area contributed by atoms with Crippen LogP contribution in [0.1, 0.15) is 80.8 Å². The van der Waals surface area contributed by atoms with Gasteiger partial charge in [0.1, 0.15) is 0 Å². The summed E-state index contributed by atoms with van der Waals surface area (Å²) in [5.74, 6) is -0.00899. The predicted molar refractivity (Wildman–Crippen MR) is 125 cm³/mol. The van der Waals surface area contributed by atoms with Crippen molar-refractivity contribution in [1.82, 2.24) is 4.90 Å². The van der Waals surface area contributed by atoms with Gasteiger partial charge >= 0.3 is 5.97 Å². The lowest BCUT2D eigenvalue weighted by Gasteiger charge is -2.37. The summed E-state index contributed by atoms with van der Waals surface area (Å²) in [4.78, 5) is 14.4. The number of aryl methyl sites for hydroxylation is 1. The van der Waals surface area contributed by atoms with E-state index in [2.05, 4.69) is 31.7 Å². The van der Waals surface area contributed by atoms with Crippen molar-refractivity contribution in [3.05, 3.63) is 59.2 Å². The summed E-state index contributed by atoms with van der Waals surface area (Å²) in [6.07, 6.45) is 8.19. The predicted octanol–water partition coefficient (Wildman–Crippen LogP) is 6.93. The molecule has 2 aromatic carbocycles. The third kappa shape index (κ3) is 5.72. The van der Waals surface area contributed by atoms with Crippen LogP contribution in [0.5, 0.6) is 0 Å². The van der Waals surface area contributed by atoms with Gasteiger partial charge in [-0.15, -0.1) is 0 Å². The molecule has 3 heteroatoms. The summed E-state index contributed by atoms with van der Waals surface area (Å²) in [6, 6.07) is 13.9. The molecule has 0 aromatic heterocycles. The van der Waals surface area contributed by atoms with Crippen LogP contribution in [0.2, 0.25) is 0 Å². The Labute approximate surface area is 182 Å². The first kappa shape index (κ1) is 22.6. The van der Waals surface area contributed by atoms with Gasteiger partial charge in [0.15, 0.2) is 0 Å². The summed E-state index contributed by atoms with van der Waals surface area (Å²) in [5.41, 5.74) is 4.54. The molecule has 0 atom stereocenters. The topological polar surface area (TPSA) is 40.5 Å². The number of rotatable bonds is 7. The number of hydrogen-bond donors (Lipinski definition) is 1. The molecule has 0 radical (unpaired) electrons. The minimum atomic E-state index is -0.871. The zero-order chi connectivity index (χ0) is 21.7. The molecule has 0 aliphatic heterocycles. The molecular formula is C27H37NO2. The number of benzene rings is 2. The van der Waals surface area contributed by atoms with Crippen molar-refractivity contribution in [2.45, 2.75) is 78.3 Å². The Morgan fingerprint density at radius 3 is 2.37 bits per heavy atom. The average Bonchev–Trinajstić information content (AvgIpc) is 2.71. The van der Waals surface area contributed by atoms with Crippen molar-refractivity contribution in [3.8, 4) is 11.1 Å². The van der Waals surface area contributed by atoms with Crippen LogP contribution in [0.4, 0.5) is 0 Å². The van der Waals surface area contributed by atoms with E-state index in [1.165, 1.54) is 44.1 Å². The maximum atomic E-state index is 11.9. The first-order valence-electron chi connectivity index (χ1n) is 11.4. The highest BCUT2D eigenvalue weighted by Crippen LogP contribution is 2.31. The van der Waals surface area contributed by atoms with Crippen LogP contribution in [0.3, 0.4) is 0 Å². The van der Waals surface area contributed by atoms with Crippen LogP contribution in [0, 0.1) is 12.8 Å². The van der Waals surface area contributed by atoms with Crippen LogP contribution < -0.4 is 0 Å². The minimum Gasteiger partial charge on any atom is -0.478 e. The zero-order valence-electron chi connectivity index (χ0n) is 19.1. The van der Waals surface area contributed by atoms with Gasteiger partial charge < -0.3 is 5.11 Å². The molecule has 1 fully saturated rings. The van der Waals surface area contributed by atoms with Crippen LogP contribution in [0.25, 0.3) is 11.1 Å². The van der Waals surface area contributed by atoms with E-state index in [4.69, 9.17) is 0 Å². The highest BCUT2D eigenvalue weighted by atomic mass is 16.4. The summed E-state index contributed by atoms with van der Waals surface area (Å²) in [6.45, 7) is 10.8. The zero-order valence-corrected chi connectivity index (χ0v) is 19.1. The highest BCUT2D eigenvalue weighted by Gasteiger charge is 2.24. The molecular weight excluding hydrogens is 370 g/mol. The van der Waals surface area contributed by atoms with E-state index in [0.29, 0.717) is 5.56 Å². The molecule has 0 saturated heterocycles. The standard InChI is InChI=1S/C27H37NO2/c1-20-10-8-9-13-23(20)25-18-22(14-15-24(25)26(29)30)19-28(27(2,3)4)17-16-21-11-6-5-7-12-21/h8-10,13-15,18,21H,5-7,11-12,16-17,19H2,1-4H3,(H,29,30). The van der Waals surface area contributed by atoms with E-state index in [1.807, 2.05) is 37.3 Å². The Bertz CT molecular complexity index is 859. The van der Waals surface area contributed by atoms with E-state index in [9.17, 15) is 9.90 Å². The largest absolute Gasteiger partial charge is 0.478 e. The molecule has 0 unspecified atom stereocenters. The van der Waals surface area contributed by atoms with Crippen molar-refractivity contribution >= 4 is 5.97 Å². The SMILES string of the molecule is Cc1ccccc1-c1cc(CN(CCC2CCCCC2)C(C)(C)C)ccc1C(=O)O. The maximum absolute atomic E-state index is 11.9. The minimum absolute atomic E-state index is 0.0724. The van der Waals surface area contributed by atoms with Crippen molar-refractivity contribution < 1.29 is 9.90 Å². The Balaban J connectivity index is 1.85. The van der Waals surface area contributed by atoms with E-state index in [1.54, 1.807) is 6.07 Å². The molecule has 3 rings (SSSR count). The third-order valence-corrected chi connectivity index (χ3v) is 6.60. The van der Waals surface area contributed by atoms with Crippen LogP contribution in [0.15, 0.2) is 42.5 Å². The van der Waals surface area contributed by atoms with Crippen molar-refractivity contribution in [3.63, 3.8) is 0 Å². The number of carboxylic acids is 1. The molecule has 1 aliphatic carbocycles. The molecule has 1 saturated carbocycles. The molecule has 0 spiro atoms. The molecule has 1 N–H and O–H groups in total. The van der Waals surface area contributed by atoms with Gasteiger partial charge in [0.05, 0.1) is 5.56 Å². The fourth-order valence-corrected chi connectivity index (χ4v) is 4.66. The van der Waals surface area contributed by atoms with Gasteiger partial charge in [0.25, 0.3) is 0 Å². The molecule has 162 valence electrons. The molecule has 1 aliphatic rings. The molecule has 0 amide bonds. The fraction of sp³-hybridized carbons (Fsp3) is 0.519. The first-order valence-corrected chi connectivity index (χ1v) is 11.4. The van der Waals surface area contributed by atoms with Gasteiger partial charge in [-0.2, -0.15) is 0 Å². The Morgan fingerprint density at radius 2 is 1.73 bits per heavy atom. The Morgan fingerprint density at radius 1 is 1.03 bits per heavy atom. The normalized spacial score (nSPS) is 15.5. The van der Waals surface area contributed by atoms with E-state index >= 15 is 0 Å². The van der Waals surface area contributed by atoms with E-state index < -0.39 is 5.97 Å². The van der Waals surface area contributed by atoms with E-state index in [-0.39, 0.29) is 5.54 Å². The van der Waals surface area contributed by atoms with Crippen LogP contribution in [-0.2, 0) is 6.54 Å². The van der Waals surface area contributed by atoms with Gasteiger partial charge in [0.2, 0.25) is 0 Å². The molecule has 2 aromatic rings. The summed E-state index contributed by atoms with van der Waals surface area (Å²) in [7, 11) is 0. The third-order valence-electron chi connectivity index (χ3n) is 6.60. The average molecular weight is 408 g/mol. The highest BCUT2D eigenvalue weighted by molar-refractivity contribution is 5.96. The van der Waals surface area contributed by atoms with Gasteiger partial charge in [-0.3, -0.25) is 4.90 Å². The second-order valence-corrected chi connectivity index (χ2v) is 9.89. The van der Waals surface area contributed by atoms with Crippen molar-refractivity contribution in [1.29, 1.82) is 0 Å². The number of carbonyl (C=O) groups is 1. The smallest absolute Gasteiger partial charge is 0.336 e. The molecule has 30 heavy (non-hydrogen) atoms. The summed E-state index contributed by atoms with van der Waals surface area (Å²) in [5, 5.41) is 9.74. The van der Waals surface area contributed by atoms with Crippen LogP contribution >= 0.6 is 0 Å². The quantitative estimate of drug-likeness (QED) is 0.541. The lowest BCUT2D eigenvalue weighted by molar-refractivity contribution is 0.0697. The first-order chi connectivity index (χ1) is 14.3. The van der Waals surface area contributed by atoms with Gasteiger partial charge in [0, 0.05) is 12.1 Å². The van der Waals surface area contributed by atoms with Gasteiger partial charge in [-0.05, 0) is 81.0 Å². The van der Waals surface area contributed by atoms with Gasteiger partial charge in [-0.1, -0.05) is 62.4 Å². The van der Waals surface area contributed by atoms with E-state index in [0.717, 1.165) is 35.7 Å². The number of nitrogens with zero attached hydrogens (tertiary/aromatic N) is 1. The number of hydrogen-bond acceptors (Lipinski definition) is 2. The number of aromatic carboxylic acids is 1. The van der Waals surface area contributed by atoms with Crippen molar-refractivity contribution in [2.24, 2.45) is 5.92 Å². The Kier molecular flexibility index (Phi) is 7.36. The molecule has 3 nitrogen and oxygen atoms in total. The Hall–Kier alpha value is -2.13. The summed E-state index contributed by atoms with van der Waals surface area (Å²) < 4.78 is 0. The van der Waals surface area contributed by atoms with Gasteiger partial charge in [-0.25, -0.2) is 4.79 Å². The van der Waals surface area contributed by atoms with Crippen LogP contribution in [-0.4, -0.2) is 28.1 Å². The monoisotopic (exact) mass is 407 g/mol. The lowest BCUT2D eigenvalue weighted by Crippen LogP contribution is -2.42. The number of carboxylic acid groups (broad SMARTS) is 1. The second kappa shape index (κ2) is 9.78. The molecule has 0 bridgehead atoms. The fourth-order valence-electron chi connectivity index (χ4n) is 4.66. The maximum Gasteiger partial charge on any atom is 0.336 e. The lowest BCUT2D eigenvalue weighted by atomic mass is 9.86. The molecule has 0 heterocycles. The second-order valence-electron chi connectivity index (χ2n) is 9.89. The summed E-state index contributed by atoms with van der Waals surface area (Å²) >= 11 is 0. The van der Waals surface area contributed by atoms with Crippen molar-refractivity contribution in [2.75, 3.05) is 6.54 Å².